The molecule has 0 amide bonds. The Morgan fingerprint density at radius 2 is 1.44 bits per heavy atom. The van der Waals surface area contributed by atoms with Gasteiger partial charge in [-0.15, -0.1) is 0 Å². The summed E-state index contributed by atoms with van der Waals surface area (Å²) >= 11 is 12.7. The maximum Gasteiger partial charge on any atom is 0.231 e. The normalized spacial score (nSPS) is 16.4. The SMILES string of the molecule is CC(C)Oc1ncnc(C2CC2)c1Br.Clc1ncnc(C2CC2)c1Br. The first-order chi connectivity index (χ1) is 12.0. The van der Waals surface area contributed by atoms with E-state index in [0.29, 0.717) is 22.9 Å². The molecule has 8 heteroatoms. The fraction of sp³-hybridized carbons (Fsp3) is 0.529. The minimum absolute atomic E-state index is 0.147. The largest absolute Gasteiger partial charge is 0.474 e. The summed E-state index contributed by atoms with van der Waals surface area (Å²) in [6, 6.07) is 0. The Labute approximate surface area is 169 Å². The molecule has 2 saturated carbocycles. The van der Waals surface area contributed by atoms with Crippen molar-refractivity contribution in [3.63, 3.8) is 0 Å². The molecule has 0 radical (unpaired) electrons. The maximum absolute atomic E-state index is 5.79. The topological polar surface area (TPSA) is 60.8 Å². The molecule has 0 aliphatic heterocycles. The van der Waals surface area contributed by atoms with Crippen molar-refractivity contribution >= 4 is 43.5 Å². The minimum atomic E-state index is 0.147. The lowest BCUT2D eigenvalue weighted by molar-refractivity contribution is 0.230. The van der Waals surface area contributed by atoms with Crippen LogP contribution in [-0.4, -0.2) is 26.0 Å². The van der Waals surface area contributed by atoms with E-state index >= 15 is 0 Å². The highest BCUT2D eigenvalue weighted by Crippen LogP contribution is 2.44. The van der Waals surface area contributed by atoms with Crippen molar-refractivity contribution in [3.8, 4) is 5.88 Å². The number of rotatable bonds is 4. The highest BCUT2D eigenvalue weighted by atomic mass is 79.9. The molecular weight excluding hydrogens is 471 g/mol. The molecule has 2 heterocycles. The first kappa shape index (κ1) is 19.0. The molecule has 2 fully saturated rings. The first-order valence-corrected chi connectivity index (χ1v) is 10.3. The van der Waals surface area contributed by atoms with Crippen molar-refractivity contribution in [1.29, 1.82) is 0 Å². The molecule has 134 valence electrons. The lowest BCUT2D eigenvalue weighted by Gasteiger charge is -2.11. The van der Waals surface area contributed by atoms with Crippen molar-refractivity contribution in [1.82, 2.24) is 19.9 Å². The standard InChI is InChI=1S/C10H13BrN2O.C7H6BrClN2/c1-6(2)14-10-8(11)9(7-3-4-7)12-5-13-10;8-5-6(4-1-2-4)10-3-11-7(5)9/h5-7H,3-4H2,1-2H3;3-4H,1-2H2. The number of halogens is 3. The monoisotopic (exact) mass is 488 g/mol. The minimum Gasteiger partial charge on any atom is -0.474 e. The van der Waals surface area contributed by atoms with Crippen LogP contribution in [0.4, 0.5) is 0 Å². The van der Waals surface area contributed by atoms with E-state index < -0.39 is 0 Å². The van der Waals surface area contributed by atoms with E-state index in [1.807, 2.05) is 13.8 Å². The lowest BCUT2D eigenvalue weighted by atomic mass is 10.3. The summed E-state index contributed by atoms with van der Waals surface area (Å²) in [7, 11) is 0. The molecule has 0 aromatic carbocycles. The second kappa shape index (κ2) is 8.27. The quantitative estimate of drug-likeness (QED) is 0.517. The van der Waals surface area contributed by atoms with Gasteiger partial charge in [-0.05, 0) is 71.4 Å². The zero-order chi connectivity index (χ0) is 18.0. The van der Waals surface area contributed by atoms with Crippen molar-refractivity contribution in [2.45, 2.75) is 57.5 Å². The van der Waals surface area contributed by atoms with E-state index in [0.717, 1.165) is 20.3 Å². The highest BCUT2D eigenvalue weighted by Gasteiger charge is 2.29. The van der Waals surface area contributed by atoms with E-state index in [9.17, 15) is 0 Å². The molecule has 0 atom stereocenters. The Morgan fingerprint density at radius 1 is 0.920 bits per heavy atom. The van der Waals surface area contributed by atoms with Gasteiger partial charge in [-0.25, -0.2) is 19.9 Å². The third-order valence-corrected chi connectivity index (χ3v) is 5.88. The molecule has 2 aromatic rings. The number of ether oxygens (including phenoxy) is 1. The summed E-state index contributed by atoms with van der Waals surface area (Å²) in [6.07, 6.45) is 8.16. The predicted octanol–water partition coefficient (Wildman–Crippen LogP) is 5.67. The van der Waals surface area contributed by atoms with Gasteiger partial charge in [0.25, 0.3) is 0 Å². The van der Waals surface area contributed by atoms with Crippen LogP contribution in [0.15, 0.2) is 21.6 Å². The van der Waals surface area contributed by atoms with E-state index in [4.69, 9.17) is 16.3 Å². The summed E-state index contributed by atoms with van der Waals surface area (Å²) < 4.78 is 7.36. The van der Waals surface area contributed by atoms with Gasteiger partial charge in [-0.2, -0.15) is 0 Å². The van der Waals surface area contributed by atoms with Crippen molar-refractivity contribution in [3.05, 3.63) is 38.1 Å². The molecule has 4 rings (SSSR count). The van der Waals surface area contributed by atoms with Crippen molar-refractivity contribution in [2.24, 2.45) is 0 Å². The van der Waals surface area contributed by atoms with E-state index in [1.165, 1.54) is 32.0 Å². The Morgan fingerprint density at radius 3 is 1.96 bits per heavy atom. The first-order valence-electron chi connectivity index (χ1n) is 8.30. The smallest absolute Gasteiger partial charge is 0.231 e. The van der Waals surface area contributed by atoms with Crippen LogP contribution >= 0.6 is 43.5 Å². The molecule has 0 saturated heterocycles. The van der Waals surface area contributed by atoms with Gasteiger partial charge in [0, 0.05) is 11.8 Å². The van der Waals surface area contributed by atoms with Gasteiger partial charge < -0.3 is 4.74 Å². The maximum atomic E-state index is 5.79. The van der Waals surface area contributed by atoms with Crippen LogP contribution in [-0.2, 0) is 0 Å². The molecule has 0 bridgehead atoms. The number of nitrogens with zero attached hydrogens (tertiary/aromatic N) is 4. The van der Waals surface area contributed by atoms with Gasteiger partial charge >= 0.3 is 0 Å². The van der Waals surface area contributed by atoms with Crippen LogP contribution in [0.1, 0.15) is 62.8 Å². The van der Waals surface area contributed by atoms with E-state index in [1.54, 1.807) is 6.33 Å². The van der Waals surface area contributed by atoms with Crippen molar-refractivity contribution in [2.75, 3.05) is 0 Å². The molecule has 2 aliphatic rings. The molecule has 25 heavy (non-hydrogen) atoms. The summed E-state index contributed by atoms with van der Waals surface area (Å²) in [5.74, 6) is 1.89. The Bertz CT molecular complexity index is 751. The van der Waals surface area contributed by atoms with Gasteiger partial charge in [-0.3, -0.25) is 0 Å². The fourth-order valence-corrected chi connectivity index (χ4v) is 3.61. The van der Waals surface area contributed by atoms with E-state index in [-0.39, 0.29) is 6.10 Å². The van der Waals surface area contributed by atoms with E-state index in [2.05, 4.69) is 51.8 Å². The highest BCUT2D eigenvalue weighted by molar-refractivity contribution is 9.11. The number of aromatic nitrogens is 4. The zero-order valence-electron chi connectivity index (χ0n) is 14.0. The number of hydrogen-bond acceptors (Lipinski definition) is 5. The van der Waals surface area contributed by atoms with Crippen LogP contribution in [0, 0.1) is 0 Å². The fourth-order valence-electron chi connectivity index (χ4n) is 2.32. The Hall–Kier alpha value is -0.790. The van der Waals surface area contributed by atoms with Gasteiger partial charge in [0.2, 0.25) is 5.88 Å². The van der Waals surface area contributed by atoms with Crippen LogP contribution in [0.25, 0.3) is 0 Å². The Kier molecular flexibility index (Phi) is 6.28. The molecular formula is C17H19Br2ClN4O. The van der Waals surface area contributed by atoms with Crippen LogP contribution in [0.3, 0.4) is 0 Å². The molecule has 0 unspecified atom stereocenters. The molecule has 5 nitrogen and oxygen atoms in total. The predicted molar refractivity (Wildman–Crippen MR) is 104 cm³/mol. The summed E-state index contributed by atoms with van der Waals surface area (Å²) in [5.41, 5.74) is 2.15. The molecule has 0 N–H and O–H groups in total. The molecule has 0 spiro atoms. The average molecular weight is 491 g/mol. The van der Waals surface area contributed by atoms with Gasteiger partial charge in [0.1, 0.15) is 22.3 Å². The average Bonchev–Trinajstić information content (AvgIpc) is 3.46. The third-order valence-electron chi connectivity index (χ3n) is 3.83. The Balaban J connectivity index is 0.000000150. The lowest BCUT2D eigenvalue weighted by Crippen LogP contribution is -2.08. The number of hydrogen-bond donors (Lipinski definition) is 0. The van der Waals surface area contributed by atoms with Crippen LogP contribution < -0.4 is 4.74 Å². The van der Waals surface area contributed by atoms with Gasteiger partial charge in [-0.1, -0.05) is 11.6 Å². The van der Waals surface area contributed by atoms with Gasteiger partial charge in [0.15, 0.2) is 0 Å². The van der Waals surface area contributed by atoms with Gasteiger partial charge in [0.05, 0.1) is 22.0 Å². The molecule has 2 aliphatic carbocycles. The summed E-state index contributed by atoms with van der Waals surface area (Å²) in [4.78, 5) is 16.4. The van der Waals surface area contributed by atoms with Crippen molar-refractivity contribution < 1.29 is 4.74 Å². The third kappa shape index (κ3) is 5.11. The van der Waals surface area contributed by atoms with Crippen LogP contribution in [0.5, 0.6) is 5.88 Å². The zero-order valence-corrected chi connectivity index (χ0v) is 18.0. The second-order valence-electron chi connectivity index (χ2n) is 6.46. The second-order valence-corrected chi connectivity index (χ2v) is 8.40. The summed E-state index contributed by atoms with van der Waals surface area (Å²) in [5, 5.41) is 0.516. The summed E-state index contributed by atoms with van der Waals surface area (Å²) in [6.45, 7) is 3.98. The van der Waals surface area contributed by atoms with Crippen LogP contribution in [0.2, 0.25) is 5.15 Å². The molecule has 2 aromatic heterocycles.